The van der Waals surface area contributed by atoms with E-state index in [1.54, 1.807) is 0 Å². The molecule has 0 saturated carbocycles. The minimum Gasteiger partial charge on any atom is -0.389 e. The lowest BCUT2D eigenvalue weighted by atomic mass is 10.1. The second-order valence-electron chi connectivity index (χ2n) is 4.65. The summed E-state index contributed by atoms with van der Waals surface area (Å²) in [6.07, 6.45) is -0.374. The molecule has 0 spiro atoms. The molecule has 0 radical (unpaired) electrons. The van der Waals surface area contributed by atoms with E-state index in [1.807, 2.05) is 29.2 Å². The number of aliphatic hydroxyl groups excluding tert-OH is 2. The smallest absolute Gasteiger partial charge is 0.0990 e. The van der Waals surface area contributed by atoms with Crippen molar-refractivity contribution < 1.29 is 10.2 Å². The number of hydrogen-bond donors (Lipinski definition) is 3. The van der Waals surface area contributed by atoms with Crippen LogP contribution < -0.4 is 10.6 Å². The number of aliphatic hydroxyl groups is 2. The van der Waals surface area contributed by atoms with Crippen molar-refractivity contribution in [1.29, 1.82) is 0 Å². The van der Waals surface area contributed by atoms with Crippen LogP contribution in [-0.4, -0.2) is 35.5 Å². The maximum atomic E-state index is 9.50. The fraction of sp³-hybridized carbons (Fsp3) is 0.538. The van der Waals surface area contributed by atoms with Crippen LogP contribution in [0.25, 0.3) is 0 Å². The van der Waals surface area contributed by atoms with Crippen LogP contribution in [-0.2, 0) is 0 Å². The fourth-order valence-electron chi connectivity index (χ4n) is 2.15. The van der Waals surface area contributed by atoms with Gasteiger partial charge < -0.3 is 20.8 Å². The van der Waals surface area contributed by atoms with Crippen molar-refractivity contribution in [3.8, 4) is 0 Å². The van der Waals surface area contributed by atoms with Gasteiger partial charge in [-0.2, -0.15) is 0 Å². The van der Waals surface area contributed by atoms with Crippen LogP contribution in [0.4, 0.5) is 5.69 Å². The van der Waals surface area contributed by atoms with Crippen LogP contribution >= 0.6 is 0 Å². The molecule has 1 aromatic rings. The zero-order valence-electron chi connectivity index (χ0n) is 10.1. The summed E-state index contributed by atoms with van der Waals surface area (Å²) in [5.74, 6) is 0. The SMILES string of the molecule is CC[C@@H](N)c1ccc(N2CC(O)C(O)C2)cc1. The number of hydrogen-bond acceptors (Lipinski definition) is 4. The summed E-state index contributed by atoms with van der Waals surface area (Å²) in [6, 6.07) is 8.10. The molecule has 4 N–H and O–H groups in total. The van der Waals surface area contributed by atoms with Crippen molar-refractivity contribution >= 4 is 5.69 Å². The Morgan fingerprint density at radius 1 is 1.24 bits per heavy atom. The van der Waals surface area contributed by atoms with Crippen molar-refractivity contribution in [1.82, 2.24) is 0 Å². The van der Waals surface area contributed by atoms with Crippen LogP contribution in [0.2, 0.25) is 0 Å². The van der Waals surface area contributed by atoms with Crippen LogP contribution in [0.3, 0.4) is 0 Å². The number of nitrogens with two attached hydrogens (primary N) is 1. The topological polar surface area (TPSA) is 69.7 Å². The summed E-state index contributed by atoms with van der Waals surface area (Å²) in [6.45, 7) is 3.03. The number of nitrogens with zero attached hydrogens (tertiary/aromatic N) is 1. The Morgan fingerprint density at radius 2 is 1.76 bits per heavy atom. The molecule has 3 atom stereocenters. The second kappa shape index (κ2) is 5.04. The first-order valence-corrected chi connectivity index (χ1v) is 6.08. The standard InChI is InChI=1S/C13H20N2O2/c1-2-11(14)9-3-5-10(6-4-9)15-7-12(16)13(17)8-15/h3-6,11-13,16-17H,2,7-8,14H2,1H3/t11-,12?,13?/m1/s1. The minimum absolute atomic E-state index is 0.0822. The quantitative estimate of drug-likeness (QED) is 0.720. The Morgan fingerprint density at radius 3 is 2.24 bits per heavy atom. The van der Waals surface area contributed by atoms with Gasteiger partial charge in [0.2, 0.25) is 0 Å². The Kier molecular flexibility index (Phi) is 3.66. The number of benzene rings is 1. The first-order chi connectivity index (χ1) is 8.11. The molecule has 94 valence electrons. The molecule has 1 aliphatic rings. The van der Waals surface area contributed by atoms with Crippen LogP contribution in [0.1, 0.15) is 24.9 Å². The van der Waals surface area contributed by atoms with Gasteiger partial charge >= 0.3 is 0 Å². The molecule has 2 unspecified atom stereocenters. The van der Waals surface area contributed by atoms with Gasteiger partial charge in [-0.1, -0.05) is 19.1 Å². The predicted molar refractivity (Wildman–Crippen MR) is 67.9 cm³/mol. The third-order valence-corrected chi connectivity index (χ3v) is 3.39. The summed E-state index contributed by atoms with van der Waals surface area (Å²) < 4.78 is 0. The highest BCUT2D eigenvalue weighted by Crippen LogP contribution is 2.23. The van der Waals surface area contributed by atoms with Gasteiger partial charge in [-0.15, -0.1) is 0 Å². The molecule has 17 heavy (non-hydrogen) atoms. The van der Waals surface area contributed by atoms with Gasteiger partial charge in [0.1, 0.15) is 0 Å². The number of anilines is 1. The molecular weight excluding hydrogens is 216 g/mol. The number of rotatable bonds is 3. The van der Waals surface area contributed by atoms with Gasteiger partial charge in [-0.25, -0.2) is 0 Å². The Balaban J connectivity index is 2.08. The highest BCUT2D eigenvalue weighted by molar-refractivity contribution is 5.49. The average Bonchev–Trinajstić information content (AvgIpc) is 2.69. The Hall–Kier alpha value is -1.10. The van der Waals surface area contributed by atoms with Gasteiger partial charge in [0.15, 0.2) is 0 Å². The highest BCUT2D eigenvalue weighted by atomic mass is 16.3. The van der Waals surface area contributed by atoms with Crippen LogP contribution in [0, 0.1) is 0 Å². The van der Waals surface area contributed by atoms with E-state index >= 15 is 0 Å². The van der Waals surface area contributed by atoms with E-state index in [1.165, 1.54) is 0 Å². The van der Waals surface area contributed by atoms with E-state index in [2.05, 4.69) is 6.92 Å². The maximum Gasteiger partial charge on any atom is 0.0990 e. The third-order valence-electron chi connectivity index (χ3n) is 3.39. The molecule has 2 rings (SSSR count). The molecule has 4 nitrogen and oxygen atoms in total. The van der Waals surface area contributed by atoms with Crippen LogP contribution in [0.5, 0.6) is 0 Å². The third kappa shape index (κ3) is 2.60. The molecule has 1 heterocycles. The Labute approximate surface area is 102 Å². The summed E-state index contributed by atoms with van der Waals surface area (Å²) in [5.41, 5.74) is 8.09. The van der Waals surface area contributed by atoms with Crippen molar-refractivity contribution in [3.63, 3.8) is 0 Å². The lowest BCUT2D eigenvalue weighted by Crippen LogP contribution is -2.22. The Bertz CT molecular complexity index is 356. The van der Waals surface area contributed by atoms with Crippen molar-refractivity contribution in [2.45, 2.75) is 31.6 Å². The van der Waals surface area contributed by atoms with Gasteiger partial charge in [0.05, 0.1) is 12.2 Å². The lowest BCUT2D eigenvalue weighted by Gasteiger charge is -2.18. The van der Waals surface area contributed by atoms with Gasteiger partial charge in [0.25, 0.3) is 0 Å². The van der Waals surface area contributed by atoms with E-state index in [0.29, 0.717) is 13.1 Å². The summed E-state index contributed by atoms with van der Waals surface area (Å²) in [4.78, 5) is 1.98. The molecule has 0 aromatic heterocycles. The predicted octanol–water partition coefficient (Wildman–Crippen LogP) is 0.638. The second-order valence-corrected chi connectivity index (χ2v) is 4.65. The zero-order valence-corrected chi connectivity index (χ0v) is 10.1. The summed E-state index contributed by atoms with van der Waals surface area (Å²) >= 11 is 0. The van der Waals surface area contributed by atoms with Crippen LogP contribution in [0.15, 0.2) is 24.3 Å². The van der Waals surface area contributed by atoms with Gasteiger partial charge in [-0.05, 0) is 24.1 Å². The van der Waals surface area contributed by atoms with Crippen molar-refractivity contribution in [3.05, 3.63) is 29.8 Å². The molecule has 4 heteroatoms. The highest BCUT2D eigenvalue weighted by Gasteiger charge is 2.29. The molecule has 1 fully saturated rings. The summed E-state index contributed by atoms with van der Waals surface area (Å²) in [7, 11) is 0. The summed E-state index contributed by atoms with van der Waals surface area (Å²) in [5, 5.41) is 19.0. The monoisotopic (exact) mass is 236 g/mol. The van der Waals surface area contributed by atoms with Crippen molar-refractivity contribution in [2.75, 3.05) is 18.0 Å². The fourth-order valence-corrected chi connectivity index (χ4v) is 2.15. The van der Waals surface area contributed by atoms with Crippen molar-refractivity contribution in [2.24, 2.45) is 5.73 Å². The minimum atomic E-state index is -0.646. The van der Waals surface area contributed by atoms with Gasteiger partial charge in [-0.3, -0.25) is 0 Å². The zero-order chi connectivity index (χ0) is 12.4. The van der Waals surface area contributed by atoms with E-state index in [0.717, 1.165) is 17.7 Å². The van der Waals surface area contributed by atoms with E-state index in [4.69, 9.17) is 5.73 Å². The molecule has 1 saturated heterocycles. The van der Waals surface area contributed by atoms with Gasteiger partial charge in [0, 0.05) is 24.8 Å². The number of β-amino-alcohol motifs (C(OH)–C–C–N with tert-alkyl or cyclic N) is 2. The van der Waals surface area contributed by atoms with E-state index in [-0.39, 0.29) is 6.04 Å². The maximum absolute atomic E-state index is 9.50. The molecule has 0 aliphatic carbocycles. The van der Waals surface area contributed by atoms with E-state index in [9.17, 15) is 10.2 Å². The largest absolute Gasteiger partial charge is 0.389 e. The molecular formula is C13H20N2O2. The molecule has 1 aromatic carbocycles. The molecule has 0 amide bonds. The normalized spacial score (nSPS) is 26.2. The lowest BCUT2D eigenvalue weighted by molar-refractivity contribution is 0.0572. The molecule has 1 aliphatic heterocycles. The first-order valence-electron chi connectivity index (χ1n) is 6.08. The molecule has 0 bridgehead atoms. The first kappa shape index (κ1) is 12.4. The average molecular weight is 236 g/mol. The van der Waals surface area contributed by atoms with E-state index < -0.39 is 12.2 Å².